The Labute approximate surface area is 178 Å². The van der Waals surface area contributed by atoms with Crippen LogP contribution in [0, 0.1) is 16.7 Å². The maximum atomic E-state index is 12.7. The molecular formula is C24H31NO5. The van der Waals surface area contributed by atoms with Gasteiger partial charge in [-0.1, -0.05) is 51.1 Å². The number of nitrogens with zero attached hydrogens (tertiary/aromatic N) is 1. The Morgan fingerprint density at radius 3 is 2.13 bits per heavy atom. The number of benzene rings is 1. The average Bonchev–Trinajstić information content (AvgIpc) is 2.89. The van der Waals surface area contributed by atoms with E-state index in [1.165, 1.54) is 0 Å². The molecule has 162 valence electrons. The fraction of sp³-hybridized carbons (Fsp3) is 0.583. The van der Waals surface area contributed by atoms with Crippen LogP contribution in [0.1, 0.15) is 46.1 Å². The SMILES string of the molecule is CC(O[C@]1(c2ccccc2)C2(OC(=O)C=CC(=O)O2)[C@@H]2CC[C@]1(C)C2(C)C)N(C)C. The first-order chi connectivity index (χ1) is 14.0. The Kier molecular flexibility index (Phi) is 4.68. The lowest BCUT2D eigenvalue weighted by Gasteiger charge is -2.55. The summed E-state index contributed by atoms with van der Waals surface area (Å²) >= 11 is 0. The highest BCUT2D eigenvalue weighted by Crippen LogP contribution is 2.78. The van der Waals surface area contributed by atoms with Gasteiger partial charge in [0, 0.05) is 23.5 Å². The normalized spacial score (nSPS) is 34.7. The topological polar surface area (TPSA) is 65.1 Å². The maximum absolute atomic E-state index is 12.7. The van der Waals surface area contributed by atoms with E-state index in [-0.39, 0.29) is 17.6 Å². The Morgan fingerprint density at radius 1 is 1.03 bits per heavy atom. The second-order valence-corrected chi connectivity index (χ2v) is 9.72. The zero-order valence-electron chi connectivity index (χ0n) is 18.6. The van der Waals surface area contributed by atoms with Crippen molar-refractivity contribution in [2.75, 3.05) is 14.1 Å². The summed E-state index contributed by atoms with van der Waals surface area (Å²) in [5.41, 5.74) is -1.10. The van der Waals surface area contributed by atoms with Crippen molar-refractivity contribution in [2.45, 2.75) is 58.2 Å². The molecule has 0 amide bonds. The van der Waals surface area contributed by atoms with Crippen LogP contribution in [0.15, 0.2) is 42.5 Å². The van der Waals surface area contributed by atoms with Crippen LogP contribution in [0.2, 0.25) is 0 Å². The van der Waals surface area contributed by atoms with Crippen molar-refractivity contribution < 1.29 is 23.8 Å². The van der Waals surface area contributed by atoms with E-state index < -0.39 is 28.7 Å². The number of esters is 2. The molecule has 2 aliphatic carbocycles. The van der Waals surface area contributed by atoms with E-state index >= 15 is 0 Å². The highest BCUT2D eigenvalue weighted by Gasteiger charge is 2.86. The van der Waals surface area contributed by atoms with Crippen molar-refractivity contribution in [2.24, 2.45) is 16.7 Å². The third-order valence-electron chi connectivity index (χ3n) is 8.07. The third-order valence-corrected chi connectivity index (χ3v) is 8.07. The Bertz CT molecular complexity index is 872. The quantitative estimate of drug-likeness (QED) is 0.555. The molecule has 0 saturated heterocycles. The van der Waals surface area contributed by atoms with Gasteiger partial charge >= 0.3 is 11.9 Å². The van der Waals surface area contributed by atoms with E-state index in [9.17, 15) is 9.59 Å². The number of hydrogen-bond donors (Lipinski definition) is 0. The van der Waals surface area contributed by atoms with E-state index in [0.29, 0.717) is 0 Å². The summed E-state index contributed by atoms with van der Waals surface area (Å²) in [6.07, 6.45) is 3.61. The molecule has 2 fully saturated rings. The molecule has 2 saturated carbocycles. The molecule has 1 heterocycles. The summed E-state index contributed by atoms with van der Waals surface area (Å²) in [7, 11) is 3.87. The van der Waals surface area contributed by atoms with Crippen LogP contribution >= 0.6 is 0 Å². The summed E-state index contributed by atoms with van der Waals surface area (Å²) < 4.78 is 19.1. The first-order valence-electron chi connectivity index (χ1n) is 10.6. The van der Waals surface area contributed by atoms with E-state index in [1.54, 1.807) is 0 Å². The third kappa shape index (κ3) is 2.44. The summed E-state index contributed by atoms with van der Waals surface area (Å²) in [6, 6.07) is 9.77. The van der Waals surface area contributed by atoms with E-state index in [0.717, 1.165) is 30.6 Å². The van der Waals surface area contributed by atoms with Gasteiger partial charge in [-0.25, -0.2) is 9.59 Å². The molecule has 2 bridgehead atoms. The number of carbonyl (C=O) groups is 2. The largest absolute Gasteiger partial charge is 0.415 e. The van der Waals surface area contributed by atoms with E-state index in [1.807, 2.05) is 56.3 Å². The predicted octanol–water partition coefficient (Wildman–Crippen LogP) is 3.61. The molecule has 0 radical (unpaired) electrons. The Balaban J connectivity index is 2.06. The summed E-state index contributed by atoms with van der Waals surface area (Å²) in [5.74, 6) is -2.95. The molecule has 1 spiro atoms. The molecule has 1 unspecified atom stereocenters. The Morgan fingerprint density at radius 2 is 1.60 bits per heavy atom. The second kappa shape index (κ2) is 6.66. The molecule has 6 nitrogen and oxygen atoms in total. The molecule has 30 heavy (non-hydrogen) atoms. The van der Waals surface area contributed by atoms with Crippen molar-refractivity contribution in [1.82, 2.24) is 4.90 Å². The van der Waals surface area contributed by atoms with Crippen LogP contribution in [-0.4, -0.2) is 42.9 Å². The molecule has 1 aromatic rings. The van der Waals surface area contributed by atoms with Gasteiger partial charge in [-0.05, 0) is 44.8 Å². The molecule has 0 aromatic heterocycles. The maximum Gasteiger partial charge on any atom is 0.334 e. The first-order valence-corrected chi connectivity index (χ1v) is 10.6. The highest BCUT2D eigenvalue weighted by molar-refractivity contribution is 5.93. The van der Waals surface area contributed by atoms with Crippen LogP contribution in [0.5, 0.6) is 0 Å². The van der Waals surface area contributed by atoms with Crippen LogP contribution in [-0.2, 0) is 29.4 Å². The molecule has 1 aliphatic heterocycles. The fourth-order valence-corrected chi connectivity index (χ4v) is 6.07. The molecule has 1 aromatic carbocycles. The van der Waals surface area contributed by atoms with Gasteiger partial charge < -0.3 is 14.2 Å². The molecule has 6 heteroatoms. The second-order valence-electron chi connectivity index (χ2n) is 9.72. The minimum Gasteiger partial charge on any atom is -0.415 e. The van der Waals surface area contributed by atoms with Crippen LogP contribution in [0.3, 0.4) is 0 Å². The summed E-state index contributed by atoms with van der Waals surface area (Å²) in [6.45, 7) is 8.47. The smallest absolute Gasteiger partial charge is 0.334 e. The molecule has 4 atom stereocenters. The molecular weight excluding hydrogens is 382 g/mol. The van der Waals surface area contributed by atoms with Crippen LogP contribution in [0.25, 0.3) is 0 Å². The van der Waals surface area contributed by atoms with Crippen LogP contribution < -0.4 is 0 Å². The molecule has 3 aliphatic rings. The van der Waals surface area contributed by atoms with Crippen molar-refractivity contribution in [3.8, 4) is 0 Å². The summed E-state index contributed by atoms with van der Waals surface area (Å²) in [4.78, 5) is 27.4. The van der Waals surface area contributed by atoms with Gasteiger partial charge in [0.1, 0.15) is 6.23 Å². The van der Waals surface area contributed by atoms with Crippen LogP contribution in [0.4, 0.5) is 0 Å². The summed E-state index contributed by atoms with van der Waals surface area (Å²) in [5, 5.41) is 0. The van der Waals surface area contributed by atoms with Crippen molar-refractivity contribution >= 4 is 11.9 Å². The van der Waals surface area contributed by atoms with Crippen molar-refractivity contribution in [3.63, 3.8) is 0 Å². The standard InChI is InChI=1S/C24H31NO5/c1-16(25(5)6)28-23(17-10-8-7-9-11-17)22(4)15-14-18(21(22,2)3)24(23)29-19(26)12-13-20(27)30-24/h7-13,16,18H,14-15H2,1-6H3/t16?,18-,22-,23+/m1/s1. The zero-order valence-corrected chi connectivity index (χ0v) is 18.6. The average molecular weight is 414 g/mol. The van der Waals surface area contributed by atoms with Gasteiger partial charge in [-0.2, -0.15) is 0 Å². The lowest BCUT2D eigenvalue weighted by Crippen LogP contribution is -2.65. The number of hydrogen-bond acceptors (Lipinski definition) is 6. The van der Waals surface area contributed by atoms with Gasteiger partial charge in [-0.3, -0.25) is 4.90 Å². The minimum atomic E-state index is -1.56. The van der Waals surface area contributed by atoms with Gasteiger partial charge in [0.15, 0.2) is 5.60 Å². The minimum absolute atomic E-state index is 0.211. The number of ether oxygens (including phenoxy) is 3. The number of carbonyl (C=O) groups excluding carboxylic acids is 2. The Hall–Kier alpha value is -2.18. The van der Waals surface area contributed by atoms with Crippen molar-refractivity contribution in [3.05, 3.63) is 48.0 Å². The fourth-order valence-electron chi connectivity index (χ4n) is 6.07. The van der Waals surface area contributed by atoms with Gasteiger partial charge in [0.05, 0.1) is 0 Å². The monoisotopic (exact) mass is 413 g/mol. The number of fused-ring (bicyclic) bond motifs is 3. The lowest BCUT2D eigenvalue weighted by molar-refractivity contribution is -0.352. The van der Waals surface area contributed by atoms with Gasteiger partial charge in [-0.15, -0.1) is 0 Å². The van der Waals surface area contributed by atoms with Crippen molar-refractivity contribution in [1.29, 1.82) is 0 Å². The highest BCUT2D eigenvalue weighted by atomic mass is 16.8. The first kappa shape index (κ1) is 21.1. The zero-order chi connectivity index (χ0) is 21.9. The van der Waals surface area contributed by atoms with Gasteiger partial charge in [0.2, 0.25) is 0 Å². The predicted molar refractivity (Wildman–Crippen MR) is 111 cm³/mol. The van der Waals surface area contributed by atoms with E-state index in [4.69, 9.17) is 14.2 Å². The lowest BCUT2D eigenvalue weighted by atomic mass is 9.61. The number of rotatable bonds is 4. The molecule has 0 N–H and O–H groups in total. The van der Waals surface area contributed by atoms with Gasteiger partial charge in [0.25, 0.3) is 5.79 Å². The van der Waals surface area contributed by atoms with E-state index in [2.05, 4.69) is 20.8 Å². The molecule has 4 rings (SSSR count).